The Morgan fingerprint density at radius 1 is 1.06 bits per heavy atom. The molecule has 1 aliphatic carbocycles. The minimum absolute atomic E-state index is 0.507. The molecule has 2 rings (SSSR count). The standard InChI is InChI=1S/C13H27N3/c1-11(2)9-15-3-5-16(6-4-15)10-12-7-13(14)8-12/h11-13H,3-10,14H2,1-2H3. The molecule has 16 heavy (non-hydrogen) atoms. The van der Waals surface area contributed by atoms with Gasteiger partial charge in [0.05, 0.1) is 0 Å². The van der Waals surface area contributed by atoms with E-state index in [1.54, 1.807) is 0 Å². The Hall–Kier alpha value is -0.120. The van der Waals surface area contributed by atoms with Crippen LogP contribution in [0.5, 0.6) is 0 Å². The molecular formula is C13H27N3. The van der Waals surface area contributed by atoms with Crippen LogP contribution in [0.25, 0.3) is 0 Å². The second-order valence-electron chi connectivity index (χ2n) is 6.09. The van der Waals surface area contributed by atoms with Crippen molar-refractivity contribution in [2.45, 2.75) is 32.7 Å². The van der Waals surface area contributed by atoms with Crippen LogP contribution in [0.1, 0.15) is 26.7 Å². The van der Waals surface area contributed by atoms with Crippen molar-refractivity contribution in [2.24, 2.45) is 17.6 Å². The maximum atomic E-state index is 5.82. The third-order valence-corrected chi connectivity index (χ3v) is 3.88. The summed E-state index contributed by atoms with van der Waals surface area (Å²) in [6.45, 7) is 12.2. The first-order valence-corrected chi connectivity index (χ1v) is 6.83. The van der Waals surface area contributed by atoms with Gasteiger partial charge in [0.1, 0.15) is 0 Å². The second-order valence-corrected chi connectivity index (χ2v) is 6.09. The van der Waals surface area contributed by atoms with Crippen molar-refractivity contribution < 1.29 is 0 Å². The molecule has 0 atom stereocenters. The summed E-state index contributed by atoms with van der Waals surface area (Å²) < 4.78 is 0. The van der Waals surface area contributed by atoms with Crippen molar-refractivity contribution in [3.63, 3.8) is 0 Å². The molecule has 0 amide bonds. The van der Waals surface area contributed by atoms with Gasteiger partial charge < -0.3 is 15.5 Å². The lowest BCUT2D eigenvalue weighted by Gasteiger charge is -2.40. The topological polar surface area (TPSA) is 32.5 Å². The molecule has 3 heteroatoms. The molecule has 0 unspecified atom stereocenters. The normalized spacial score (nSPS) is 33.0. The average molecular weight is 225 g/mol. The minimum Gasteiger partial charge on any atom is -0.328 e. The Balaban J connectivity index is 1.61. The number of piperazine rings is 1. The van der Waals surface area contributed by atoms with E-state index in [0.717, 1.165) is 11.8 Å². The van der Waals surface area contributed by atoms with E-state index in [0.29, 0.717) is 6.04 Å². The van der Waals surface area contributed by atoms with Crippen LogP contribution in [0.15, 0.2) is 0 Å². The van der Waals surface area contributed by atoms with Crippen molar-refractivity contribution >= 4 is 0 Å². The van der Waals surface area contributed by atoms with Crippen LogP contribution in [-0.2, 0) is 0 Å². The molecule has 1 aliphatic heterocycles. The lowest BCUT2D eigenvalue weighted by molar-refractivity contribution is 0.0886. The van der Waals surface area contributed by atoms with Crippen LogP contribution in [0.4, 0.5) is 0 Å². The fourth-order valence-corrected chi connectivity index (χ4v) is 2.97. The lowest BCUT2D eigenvalue weighted by Crippen LogP contribution is -2.51. The predicted octanol–water partition coefficient (Wildman–Crippen LogP) is 0.997. The highest BCUT2D eigenvalue weighted by Gasteiger charge is 2.28. The zero-order valence-corrected chi connectivity index (χ0v) is 10.9. The third-order valence-electron chi connectivity index (χ3n) is 3.88. The maximum absolute atomic E-state index is 5.82. The van der Waals surface area contributed by atoms with Crippen LogP contribution in [-0.4, -0.2) is 55.1 Å². The number of rotatable bonds is 4. The molecule has 1 heterocycles. The Morgan fingerprint density at radius 3 is 2.12 bits per heavy atom. The monoisotopic (exact) mass is 225 g/mol. The van der Waals surface area contributed by atoms with Gasteiger partial charge in [-0.1, -0.05) is 13.8 Å². The van der Waals surface area contributed by atoms with E-state index in [1.807, 2.05) is 0 Å². The molecule has 0 aromatic heterocycles. The van der Waals surface area contributed by atoms with Crippen LogP contribution in [0, 0.1) is 11.8 Å². The minimum atomic E-state index is 0.507. The van der Waals surface area contributed by atoms with Gasteiger partial charge in [-0.2, -0.15) is 0 Å². The zero-order chi connectivity index (χ0) is 11.5. The van der Waals surface area contributed by atoms with E-state index >= 15 is 0 Å². The molecular weight excluding hydrogens is 198 g/mol. The first kappa shape index (κ1) is 12.3. The van der Waals surface area contributed by atoms with Gasteiger partial charge in [0, 0.05) is 45.3 Å². The lowest BCUT2D eigenvalue weighted by atomic mass is 9.80. The van der Waals surface area contributed by atoms with Gasteiger partial charge >= 0.3 is 0 Å². The maximum Gasteiger partial charge on any atom is 0.0110 e. The average Bonchev–Trinajstić information content (AvgIpc) is 2.18. The quantitative estimate of drug-likeness (QED) is 0.775. The molecule has 0 aromatic carbocycles. The summed E-state index contributed by atoms with van der Waals surface area (Å²) in [4.78, 5) is 5.24. The van der Waals surface area contributed by atoms with Crippen molar-refractivity contribution in [1.29, 1.82) is 0 Å². The van der Waals surface area contributed by atoms with Crippen molar-refractivity contribution in [3.05, 3.63) is 0 Å². The van der Waals surface area contributed by atoms with Gasteiger partial charge in [0.25, 0.3) is 0 Å². The molecule has 0 bridgehead atoms. The molecule has 0 radical (unpaired) electrons. The van der Waals surface area contributed by atoms with Crippen LogP contribution >= 0.6 is 0 Å². The van der Waals surface area contributed by atoms with E-state index in [2.05, 4.69) is 23.6 Å². The highest BCUT2D eigenvalue weighted by molar-refractivity contribution is 4.85. The number of hydrogen-bond donors (Lipinski definition) is 1. The third kappa shape index (κ3) is 3.44. The van der Waals surface area contributed by atoms with E-state index in [1.165, 1.54) is 52.1 Å². The van der Waals surface area contributed by atoms with Gasteiger partial charge in [0.15, 0.2) is 0 Å². The summed E-state index contributed by atoms with van der Waals surface area (Å²) in [7, 11) is 0. The van der Waals surface area contributed by atoms with Gasteiger partial charge in [-0.15, -0.1) is 0 Å². The summed E-state index contributed by atoms with van der Waals surface area (Å²) in [6.07, 6.45) is 2.51. The summed E-state index contributed by atoms with van der Waals surface area (Å²) in [6, 6.07) is 0.507. The molecule has 94 valence electrons. The molecule has 2 aliphatic rings. The molecule has 1 saturated carbocycles. The summed E-state index contributed by atoms with van der Waals surface area (Å²) in [5.74, 6) is 1.70. The summed E-state index contributed by atoms with van der Waals surface area (Å²) in [5, 5.41) is 0. The molecule has 2 N–H and O–H groups in total. The van der Waals surface area contributed by atoms with Crippen molar-refractivity contribution in [3.8, 4) is 0 Å². The Morgan fingerprint density at radius 2 is 1.62 bits per heavy atom. The molecule has 1 saturated heterocycles. The van der Waals surface area contributed by atoms with Crippen molar-refractivity contribution in [2.75, 3.05) is 39.3 Å². The summed E-state index contributed by atoms with van der Waals surface area (Å²) >= 11 is 0. The van der Waals surface area contributed by atoms with E-state index in [9.17, 15) is 0 Å². The second kappa shape index (κ2) is 5.48. The Labute approximate surface area is 100.0 Å². The first-order valence-electron chi connectivity index (χ1n) is 6.83. The highest BCUT2D eigenvalue weighted by atomic mass is 15.3. The van der Waals surface area contributed by atoms with Crippen molar-refractivity contribution in [1.82, 2.24) is 9.80 Å². The molecule has 3 nitrogen and oxygen atoms in total. The smallest absolute Gasteiger partial charge is 0.0110 e. The van der Waals surface area contributed by atoms with E-state index in [4.69, 9.17) is 5.73 Å². The Bertz CT molecular complexity index is 203. The first-order chi connectivity index (χ1) is 7.63. The number of hydrogen-bond acceptors (Lipinski definition) is 3. The Kier molecular flexibility index (Phi) is 4.22. The van der Waals surface area contributed by atoms with Gasteiger partial charge in [-0.3, -0.25) is 0 Å². The predicted molar refractivity (Wildman–Crippen MR) is 68.4 cm³/mol. The number of nitrogens with two attached hydrogens (primary N) is 1. The number of nitrogens with zero attached hydrogens (tertiary/aromatic N) is 2. The highest BCUT2D eigenvalue weighted by Crippen LogP contribution is 2.26. The fourth-order valence-electron chi connectivity index (χ4n) is 2.97. The molecule has 2 fully saturated rings. The SMILES string of the molecule is CC(C)CN1CCN(CC2CC(N)C2)CC1. The van der Waals surface area contributed by atoms with Crippen LogP contribution < -0.4 is 5.73 Å². The van der Waals surface area contributed by atoms with Gasteiger partial charge in [-0.25, -0.2) is 0 Å². The van der Waals surface area contributed by atoms with Crippen LogP contribution in [0.3, 0.4) is 0 Å². The summed E-state index contributed by atoms with van der Waals surface area (Å²) in [5.41, 5.74) is 5.82. The van der Waals surface area contributed by atoms with E-state index < -0.39 is 0 Å². The molecule has 0 aromatic rings. The van der Waals surface area contributed by atoms with E-state index in [-0.39, 0.29) is 0 Å². The van der Waals surface area contributed by atoms with Gasteiger partial charge in [0.2, 0.25) is 0 Å². The fraction of sp³-hybridized carbons (Fsp3) is 1.00. The zero-order valence-electron chi connectivity index (χ0n) is 10.9. The largest absolute Gasteiger partial charge is 0.328 e. The molecule has 0 spiro atoms. The van der Waals surface area contributed by atoms with Crippen LogP contribution in [0.2, 0.25) is 0 Å². The van der Waals surface area contributed by atoms with Gasteiger partial charge in [-0.05, 0) is 24.7 Å².